The third-order valence-electron chi connectivity index (χ3n) is 4.10. The highest BCUT2D eigenvalue weighted by Gasteiger charge is 2.18. The summed E-state index contributed by atoms with van der Waals surface area (Å²) in [5.74, 6) is 0.234. The van der Waals surface area contributed by atoms with Gasteiger partial charge in [-0.2, -0.15) is 0 Å². The van der Waals surface area contributed by atoms with E-state index in [9.17, 15) is 4.79 Å². The van der Waals surface area contributed by atoms with Crippen LogP contribution in [-0.2, 0) is 22.5 Å². The minimum absolute atomic E-state index is 0.234. The molecular formula is C15H23N3O2S. The van der Waals surface area contributed by atoms with Crippen molar-refractivity contribution >= 4 is 17.2 Å². The van der Waals surface area contributed by atoms with Crippen LogP contribution in [0.5, 0.6) is 0 Å². The minimum Gasteiger partial charge on any atom is -0.379 e. The lowest BCUT2D eigenvalue weighted by Crippen LogP contribution is -2.36. The van der Waals surface area contributed by atoms with Crippen molar-refractivity contribution in [3.8, 4) is 0 Å². The molecule has 2 aliphatic rings. The molecule has 3 heterocycles. The molecule has 0 aromatic carbocycles. The molecule has 0 bridgehead atoms. The zero-order valence-corrected chi connectivity index (χ0v) is 13.2. The number of carbonyl (C=O) groups is 1. The summed E-state index contributed by atoms with van der Waals surface area (Å²) in [4.78, 5) is 21.2. The Kier molecular flexibility index (Phi) is 5.22. The molecule has 5 nitrogen and oxygen atoms in total. The van der Waals surface area contributed by atoms with Crippen molar-refractivity contribution in [1.29, 1.82) is 0 Å². The summed E-state index contributed by atoms with van der Waals surface area (Å²) in [6.07, 6.45) is 4.00. The minimum atomic E-state index is 0.234. The molecule has 0 spiro atoms. The number of hydrogen-bond donors (Lipinski definition) is 0. The SMILES string of the molecule is O=C(Cc1csc(CN2CCOCC2)n1)N1CCCCC1. The lowest BCUT2D eigenvalue weighted by Gasteiger charge is -2.26. The Hall–Kier alpha value is -0.980. The molecular weight excluding hydrogens is 286 g/mol. The second-order valence-electron chi connectivity index (χ2n) is 5.74. The van der Waals surface area contributed by atoms with E-state index < -0.39 is 0 Å². The lowest BCUT2D eigenvalue weighted by molar-refractivity contribution is -0.131. The number of piperidine rings is 1. The van der Waals surface area contributed by atoms with E-state index in [-0.39, 0.29) is 5.91 Å². The Labute approximate surface area is 129 Å². The predicted octanol–water partition coefficient (Wildman–Crippen LogP) is 1.53. The van der Waals surface area contributed by atoms with Crippen molar-refractivity contribution in [3.05, 3.63) is 16.1 Å². The number of aromatic nitrogens is 1. The van der Waals surface area contributed by atoms with Gasteiger partial charge in [0.2, 0.25) is 5.91 Å². The van der Waals surface area contributed by atoms with Gasteiger partial charge in [0.05, 0.1) is 31.9 Å². The van der Waals surface area contributed by atoms with E-state index >= 15 is 0 Å². The van der Waals surface area contributed by atoms with Crippen molar-refractivity contribution in [2.75, 3.05) is 39.4 Å². The van der Waals surface area contributed by atoms with Gasteiger partial charge in [0, 0.05) is 31.6 Å². The molecule has 3 rings (SSSR count). The molecule has 1 amide bonds. The topological polar surface area (TPSA) is 45.7 Å². The van der Waals surface area contributed by atoms with E-state index in [2.05, 4.69) is 9.88 Å². The second-order valence-corrected chi connectivity index (χ2v) is 6.68. The van der Waals surface area contributed by atoms with Gasteiger partial charge in [0.15, 0.2) is 0 Å². The molecule has 0 saturated carbocycles. The third kappa shape index (κ3) is 4.25. The number of hydrogen-bond acceptors (Lipinski definition) is 5. The highest BCUT2D eigenvalue weighted by Crippen LogP contribution is 2.16. The van der Waals surface area contributed by atoms with Gasteiger partial charge in [0.1, 0.15) is 5.01 Å². The quantitative estimate of drug-likeness (QED) is 0.846. The average molecular weight is 309 g/mol. The van der Waals surface area contributed by atoms with E-state index in [1.54, 1.807) is 11.3 Å². The normalized spacial score (nSPS) is 20.7. The van der Waals surface area contributed by atoms with Gasteiger partial charge < -0.3 is 9.64 Å². The zero-order chi connectivity index (χ0) is 14.5. The van der Waals surface area contributed by atoms with Crippen LogP contribution in [-0.4, -0.2) is 60.1 Å². The van der Waals surface area contributed by atoms with Crippen LogP contribution in [0.3, 0.4) is 0 Å². The summed E-state index contributed by atoms with van der Waals surface area (Å²) in [5.41, 5.74) is 0.929. The number of morpholine rings is 1. The fourth-order valence-corrected chi connectivity index (χ4v) is 3.70. The molecule has 2 aliphatic heterocycles. The van der Waals surface area contributed by atoms with E-state index in [0.29, 0.717) is 6.42 Å². The van der Waals surface area contributed by atoms with Crippen LogP contribution in [0.25, 0.3) is 0 Å². The summed E-state index contributed by atoms with van der Waals surface area (Å²) in [5, 5.41) is 3.15. The number of likely N-dealkylation sites (tertiary alicyclic amines) is 1. The van der Waals surface area contributed by atoms with Crippen molar-refractivity contribution in [3.63, 3.8) is 0 Å². The van der Waals surface area contributed by atoms with Gasteiger partial charge in [-0.15, -0.1) is 11.3 Å². The van der Waals surface area contributed by atoms with E-state index in [1.165, 1.54) is 6.42 Å². The van der Waals surface area contributed by atoms with E-state index in [0.717, 1.165) is 69.5 Å². The number of thiazole rings is 1. The van der Waals surface area contributed by atoms with E-state index in [4.69, 9.17) is 4.74 Å². The third-order valence-corrected chi connectivity index (χ3v) is 4.99. The Morgan fingerprint density at radius 3 is 2.71 bits per heavy atom. The van der Waals surface area contributed by atoms with Crippen molar-refractivity contribution in [1.82, 2.24) is 14.8 Å². The molecule has 0 unspecified atom stereocenters. The molecule has 2 saturated heterocycles. The Balaban J connectivity index is 1.50. The summed E-state index contributed by atoms with van der Waals surface area (Å²) in [7, 11) is 0. The molecule has 21 heavy (non-hydrogen) atoms. The first-order valence-corrected chi connectivity index (χ1v) is 8.70. The van der Waals surface area contributed by atoms with Crippen LogP contribution in [0.4, 0.5) is 0 Å². The highest BCUT2D eigenvalue weighted by atomic mass is 32.1. The number of amides is 1. The zero-order valence-electron chi connectivity index (χ0n) is 12.4. The van der Waals surface area contributed by atoms with Crippen LogP contribution in [0.15, 0.2) is 5.38 Å². The van der Waals surface area contributed by atoms with Crippen LogP contribution >= 0.6 is 11.3 Å². The molecule has 2 fully saturated rings. The lowest BCUT2D eigenvalue weighted by atomic mass is 10.1. The van der Waals surface area contributed by atoms with Crippen LogP contribution in [0.2, 0.25) is 0 Å². The van der Waals surface area contributed by atoms with Gasteiger partial charge in [-0.05, 0) is 19.3 Å². The Bertz CT molecular complexity index is 465. The Morgan fingerprint density at radius 1 is 1.19 bits per heavy atom. The van der Waals surface area contributed by atoms with Crippen LogP contribution in [0.1, 0.15) is 30.0 Å². The van der Waals surface area contributed by atoms with Gasteiger partial charge in [-0.1, -0.05) is 0 Å². The maximum Gasteiger partial charge on any atom is 0.228 e. The number of rotatable bonds is 4. The first-order valence-electron chi connectivity index (χ1n) is 7.82. The van der Waals surface area contributed by atoms with Crippen LogP contribution in [0, 0.1) is 0 Å². The van der Waals surface area contributed by atoms with Crippen molar-refractivity contribution < 1.29 is 9.53 Å². The molecule has 0 N–H and O–H groups in total. The Morgan fingerprint density at radius 2 is 1.95 bits per heavy atom. The largest absolute Gasteiger partial charge is 0.379 e. The first kappa shape index (κ1) is 14.9. The van der Waals surface area contributed by atoms with Gasteiger partial charge >= 0.3 is 0 Å². The van der Waals surface area contributed by atoms with Gasteiger partial charge in [-0.3, -0.25) is 9.69 Å². The average Bonchev–Trinajstić information content (AvgIpc) is 2.96. The second kappa shape index (κ2) is 7.33. The fraction of sp³-hybridized carbons (Fsp3) is 0.733. The molecule has 1 aromatic rings. The maximum absolute atomic E-state index is 12.2. The van der Waals surface area contributed by atoms with Crippen molar-refractivity contribution in [2.45, 2.75) is 32.2 Å². The van der Waals surface area contributed by atoms with Gasteiger partial charge in [0.25, 0.3) is 0 Å². The van der Waals surface area contributed by atoms with Crippen LogP contribution < -0.4 is 0 Å². The molecule has 0 aliphatic carbocycles. The highest BCUT2D eigenvalue weighted by molar-refractivity contribution is 7.09. The summed E-state index contributed by atoms with van der Waals surface area (Å²) in [6, 6.07) is 0. The van der Waals surface area contributed by atoms with Crippen molar-refractivity contribution in [2.24, 2.45) is 0 Å². The monoisotopic (exact) mass is 309 g/mol. The molecule has 0 atom stereocenters. The number of carbonyl (C=O) groups excluding carboxylic acids is 1. The summed E-state index contributed by atoms with van der Waals surface area (Å²) < 4.78 is 5.35. The molecule has 6 heteroatoms. The predicted molar refractivity (Wildman–Crippen MR) is 82.3 cm³/mol. The molecule has 0 radical (unpaired) electrons. The standard InChI is InChI=1S/C15H23N3O2S/c19-15(18-4-2-1-3-5-18)10-13-12-21-14(16-13)11-17-6-8-20-9-7-17/h12H,1-11H2. The first-order chi connectivity index (χ1) is 10.3. The maximum atomic E-state index is 12.2. The number of nitrogens with zero attached hydrogens (tertiary/aromatic N) is 3. The fourth-order valence-electron chi connectivity index (χ4n) is 2.86. The summed E-state index contributed by atoms with van der Waals surface area (Å²) in [6.45, 7) is 6.29. The van der Waals surface area contributed by atoms with E-state index in [1.807, 2.05) is 10.3 Å². The smallest absolute Gasteiger partial charge is 0.228 e. The number of ether oxygens (including phenoxy) is 1. The molecule has 1 aromatic heterocycles. The van der Waals surface area contributed by atoms with Gasteiger partial charge in [-0.25, -0.2) is 4.98 Å². The molecule has 116 valence electrons. The summed E-state index contributed by atoms with van der Waals surface area (Å²) >= 11 is 1.67.